The van der Waals surface area contributed by atoms with Gasteiger partial charge in [0.25, 0.3) is 15.9 Å². The summed E-state index contributed by atoms with van der Waals surface area (Å²) in [5.74, 6) is -0.367. The van der Waals surface area contributed by atoms with E-state index in [4.69, 9.17) is 9.47 Å². The van der Waals surface area contributed by atoms with Gasteiger partial charge in [-0.3, -0.25) is 14.4 Å². The summed E-state index contributed by atoms with van der Waals surface area (Å²) in [7, 11) is -2.83. The van der Waals surface area contributed by atoms with Gasteiger partial charge in [0.2, 0.25) is 11.8 Å². The highest BCUT2D eigenvalue weighted by Gasteiger charge is 2.34. The minimum absolute atomic E-state index is 0.00957. The van der Waals surface area contributed by atoms with Crippen molar-refractivity contribution in [2.75, 3.05) is 36.4 Å². The van der Waals surface area contributed by atoms with Crippen LogP contribution < -0.4 is 14.4 Å². The Morgan fingerprint density at radius 2 is 1.74 bits per heavy atom. The number of piperidine rings is 1. The van der Waals surface area contributed by atoms with Gasteiger partial charge in [-0.05, 0) is 67.9 Å². The van der Waals surface area contributed by atoms with Crippen molar-refractivity contribution in [1.82, 2.24) is 24.6 Å². The van der Waals surface area contributed by atoms with Crippen LogP contribution in [0.2, 0.25) is 0 Å². The van der Waals surface area contributed by atoms with Crippen LogP contribution in [0.4, 0.5) is 16.4 Å². The summed E-state index contributed by atoms with van der Waals surface area (Å²) >= 11 is 0. The third-order valence-electron chi connectivity index (χ3n) is 9.05. The normalized spacial score (nSPS) is 18.3. The Bertz CT molecular complexity index is 1990. The van der Waals surface area contributed by atoms with Crippen LogP contribution in [0, 0.1) is 19.3 Å². The molecule has 0 aliphatic carbocycles. The number of sulfonamides is 1. The van der Waals surface area contributed by atoms with Crippen LogP contribution in [0.15, 0.2) is 65.8 Å². The highest BCUT2D eigenvalue weighted by Crippen LogP contribution is 2.34. The maximum absolute atomic E-state index is 14.6. The number of fused-ring (bicyclic) bond motifs is 4. The number of likely N-dealkylation sites (tertiary alicyclic amines) is 1. The zero-order valence-corrected chi connectivity index (χ0v) is 30.0. The van der Waals surface area contributed by atoms with Crippen LogP contribution in [0.5, 0.6) is 5.88 Å². The van der Waals surface area contributed by atoms with E-state index in [1.807, 2.05) is 42.9 Å². The van der Waals surface area contributed by atoms with Crippen molar-refractivity contribution >= 4 is 33.7 Å². The van der Waals surface area contributed by atoms with E-state index in [-0.39, 0.29) is 46.4 Å². The van der Waals surface area contributed by atoms with Crippen molar-refractivity contribution in [3.8, 4) is 17.1 Å². The fourth-order valence-corrected chi connectivity index (χ4v) is 7.70. The Morgan fingerprint density at radius 1 is 1.04 bits per heavy atom. The van der Waals surface area contributed by atoms with Crippen molar-refractivity contribution in [3.05, 3.63) is 77.6 Å². The molecule has 0 saturated carbocycles. The first-order chi connectivity index (χ1) is 23.7. The van der Waals surface area contributed by atoms with E-state index in [1.165, 1.54) is 19.2 Å². The summed E-state index contributed by atoms with van der Waals surface area (Å²) in [6.07, 6.45) is 5.02. The number of nitrogens with zero attached hydrogens (tertiary/aromatic N) is 6. The number of hydrogen-bond donors (Lipinski definition) is 1. The Hall–Kier alpha value is -4.98. The number of amides is 2. The van der Waals surface area contributed by atoms with E-state index in [2.05, 4.69) is 40.6 Å². The van der Waals surface area contributed by atoms with E-state index in [0.29, 0.717) is 43.7 Å². The van der Waals surface area contributed by atoms with Gasteiger partial charge in [0.05, 0.1) is 41.7 Å². The second-order valence-electron chi connectivity index (χ2n) is 14.1. The van der Waals surface area contributed by atoms with Gasteiger partial charge >= 0.3 is 6.09 Å². The Balaban J connectivity index is 1.44. The number of methoxy groups -OCH3 is 1. The van der Waals surface area contributed by atoms with Crippen LogP contribution >= 0.6 is 0 Å². The largest absolute Gasteiger partial charge is 0.475 e. The quantitative estimate of drug-likeness (QED) is 0.270. The lowest BCUT2D eigenvalue weighted by Gasteiger charge is -2.35. The molecule has 0 unspecified atom stereocenters. The number of hydrogen-bond acceptors (Lipinski definition) is 9. The number of benzene rings is 2. The number of ether oxygens (including phenoxy) is 2. The Labute approximate surface area is 292 Å². The minimum atomic E-state index is -4.20. The molecule has 1 atom stereocenters. The lowest BCUT2D eigenvalue weighted by Crippen LogP contribution is -2.46. The number of nitrogens with one attached hydrogen (secondary N) is 1. The molecule has 4 heterocycles. The summed E-state index contributed by atoms with van der Waals surface area (Å²) in [5.41, 5.74) is 3.78. The lowest BCUT2D eigenvalue weighted by molar-refractivity contribution is 0.0954. The second-order valence-corrected chi connectivity index (χ2v) is 15.8. The van der Waals surface area contributed by atoms with Gasteiger partial charge in [-0.25, -0.2) is 22.9 Å². The monoisotopic (exact) mass is 701 g/mol. The third-order valence-corrected chi connectivity index (χ3v) is 10.4. The fraction of sp³-hybridized carbons (Fsp3) is 0.417. The first-order valence-corrected chi connectivity index (χ1v) is 18.1. The SMILES string of the molecule is COC(=O)N1CCC(n2cc(N3C(=O)c4cccc(c4)S(=O)(=O)Nc4nc(cc(-c5c(C)cccc5C)n4)OC[C@H]3CC(C)(C)C)cn2)CC1. The van der Waals surface area contributed by atoms with E-state index in [9.17, 15) is 18.0 Å². The van der Waals surface area contributed by atoms with Crippen LogP contribution in [0.3, 0.4) is 0 Å². The maximum Gasteiger partial charge on any atom is 0.409 e. The van der Waals surface area contributed by atoms with Gasteiger partial charge in [-0.2, -0.15) is 10.1 Å². The number of anilines is 2. The zero-order valence-electron chi connectivity index (χ0n) is 29.2. The summed E-state index contributed by atoms with van der Waals surface area (Å²) in [6, 6.07) is 13.0. The molecule has 2 aliphatic heterocycles. The van der Waals surface area contributed by atoms with E-state index in [1.54, 1.807) is 34.2 Å². The molecule has 1 N–H and O–H groups in total. The van der Waals surface area contributed by atoms with Crippen molar-refractivity contribution in [2.24, 2.45) is 5.41 Å². The van der Waals surface area contributed by atoms with Gasteiger partial charge in [0, 0.05) is 36.5 Å². The molecule has 14 heteroatoms. The molecule has 2 aromatic carbocycles. The topological polar surface area (TPSA) is 149 Å². The molecule has 4 bridgehead atoms. The molecule has 0 radical (unpaired) electrons. The molecule has 1 fully saturated rings. The van der Waals surface area contributed by atoms with Crippen molar-refractivity contribution in [3.63, 3.8) is 0 Å². The maximum atomic E-state index is 14.6. The van der Waals surface area contributed by atoms with E-state index >= 15 is 0 Å². The molecule has 1 saturated heterocycles. The number of rotatable bonds is 4. The predicted octanol–water partition coefficient (Wildman–Crippen LogP) is 6.01. The van der Waals surface area contributed by atoms with Crippen LogP contribution in [-0.2, 0) is 14.8 Å². The third kappa shape index (κ3) is 7.44. The Kier molecular flexibility index (Phi) is 9.58. The summed E-state index contributed by atoms with van der Waals surface area (Å²) in [5, 5.41) is 4.67. The highest BCUT2D eigenvalue weighted by molar-refractivity contribution is 7.92. The van der Waals surface area contributed by atoms with Crippen molar-refractivity contribution < 1.29 is 27.5 Å². The number of aryl methyl sites for hydroxylation is 2. The molecule has 4 aromatic rings. The summed E-state index contributed by atoms with van der Waals surface area (Å²) < 4.78 is 43.1. The van der Waals surface area contributed by atoms with Gasteiger partial charge < -0.3 is 14.4 Å². The molecular weight excluding hydrogens is 659 g/mol. The number of carbonyl (C=O) groups is 2. The smallest absolute Gasteiger partial charge is 0.409 e. The molecule has 264 valence electrons. The van der Waals surface area contributed by atoms with E-state index < -0.39 is 22.0 Å². The van der Waals surface area contributed by atoms with Crippen LogP contribution in [-0.4, -0.2) is 77.9 Å². The molecule has 13 nitrogen and oxygen atoms in total. The molecule has 50 heavy (non-hydrogen) atoms. The van der Waals surface area contributed by atoms with Gasteiger partial charge in [-0.15, -0.1) is 0 Å². The molecule has 2 aliphatic rings. The standard InChI is InChI=1S/C36H43N7O6S/c1-23-9-7-10-24(2)32(23)30-18-31-39-34(38-30)40-50(46,47)29-12-8-11-25(17-29)33(44)43(27(22-49-31)19-36(3,4)5)28-20-37-42(21-28)26-13-15-41(16-14-26)35(45)48-6/h7-12,17-18,20-21,26-27H,13-16,19,22H2,1-6H3,(H,38,39,40)/t27-/m1/s1. The molecular formula is C36H43N7O6S. The zero-order chi connectivity index (χ0) is 35.8. The molecule has 0 spiro atoms. The van der Waals surface area contributed by atoms with Crippen molar-refractivity contribution in [2.45, 2.75) is 70.9 Å². The average Bonchev–Trinajstić information content (AvgIpc) is 3.55. The van der Waals surface area contributed by atoms with Gasteiger partial charge in [0.1, 0.15) is 6.61 Å². The van der Waals surface area contributed by atoms with Gasteiger partial charge in [-0.1, -0.05) is 45.0 Å². The number of carbonyl (C=O) groups excluding carboxylic acids is 2. The van der Waals surface area contributed by atoms with Crippen LogP contribution in [0.25, 0.3) is 11.3 Å². The average molecular weight is 702 g/mol. The molecule has 6 rings (SSSR count). The van der Waals surface area contributed by atoms with E-state index in [0.717, 1.165) is 16.7 Å². The van der Waals surface area contributed by atoms with Crippen molar-refractivity contribution in [1.29, 1.82) is 0 Å². The predicted molar refractivity (Wildman–Crippen MR) is 189 cm³/mol. The number of aromatic nitrogens is 4. The molecule has 2 amide bonds. The minimum Gasteiger partial charge on any atom is -0.475 e. The second kappa shape index (κ2) is 13.7. The van der Waals surface area contributed by atoms with Gasteiger partial charge in [0.15, 0.2) is 0 Å². The summed E-state index contributed by atoms with van der Waals surface area (Å²) in [6.45, 7) is 11.3. The molecule has 2 aromatic heterocycles. The Morgan fingerprint density at radius 3 is 2.42 bits per heavy atom. The highest BCUT2D eigenvalue weighted by atomic mass is 32.2. The first kappa shape index (κ1) is 34.9. The first-order valence-electron chi connectivity index (χ1n) is 16.6. The summed E-state index contributed by atoms with van der Waals surface area (Å²) in [4.78, 5) is 38.9. The fourth-order valence-electron chi connectivity index (χ4n) is 6.71. The van der Waals surface area contributed by atoms with Crippen LogP contribution in [0.1, 0.15) is 67.6 Å². The lowest BCUT2D eigenvalue weighted by atomic mass is 9.87.